The van der Waals surface area contributed by atoms with Crippen molar-refractivity contribution < 1.29 is 27.9 Å². The summed E-state index contributed by atoms with van der Waals surface area (Å²) >= 11 is 0. The summed E-state index contributed by atoms with van der Waals surface area (Å²) in [4.78, 5) is 38.4. The smallest absolute Gasteiger partial charge is 0.394 e. The molecule has 1 unspecified atom stereocenters. The molecular formula is C23H24F3N7O3. The number of carbonyl (C=O) groups is 2. The molecule has 2 bridgehead atoms. The number of nitrogens with one attached hydrogen (secondary N) is 2. The highest BCUT2D eigenvalue weighted by atomic mass is 19.4. The van der Waals surface area contributed by atoms with Gasteiger partial charge in [0.2, 0.25) is 0 Å². The Morgan fingerprint density at radius 2 is 2.06 bits per heavy atom. The number of aliphatic hydroxyl groups excluding tert-OH is 1. The fourth-order valence-electron chi connectivity index (χ4n) is 4.71. The van der Waals surface area contributed by atoms with E-state index < -0.39 is 36.9 Å². The first kappa shape index (κ1) is 24.0. The number of ketones is 1. The van der Waals surface area contributed by atoms with Crippen molar-refractivity contribution in [3.05, 3.63) is 35.7 Å². The van der Waals surface area contributed by atoms with Crippen molar-refractivity contribution in [1.29, 1.82) is 0 Å². The highest BCUT2D eigenvalue weighted by Gasteiger charge is 2.42. The number of amides is 2. The number of aliphatic hydroxyl groups is 1. The average molecular weight is 503 g/mol. The average Bonchev–Trinajstić information content (AvgIpc) is 3.23. The molecule has 0 spiro atoms. The number of rotatable bonds is 5. The zero-order valence-corrected chi connectivity index (χ0v) is 19.3. The van der Waals surface area contributed by atoms with Gasteiger partial charge in [-0.25, -0.2) is 14.8 Å². The molecule has 3 aromatic heterocycles. The zero-order valence-electron chi connectivity index (χ0n) is 19.3. The third-order valence-electron chi connectivity index (χ3n) is 6.59. The van der Waals surface area contributed by atoms with Gasteiger partial charge in [0.25, 0.3) is 0 Å². The van der Waals surface area contributed by atoms with Crippen LogP contribution in [0.1, 0.15) is 35.4 Å². The Balaban J connectivity index is 1.47. The van der Waals surface area contributed by atoms with Crippen molar-refractivity contribution in [3.8, 4) is 0 Å². The quantitative estimate of drug-likeness (QED) is 0.455. The van der Waals surface area contributed by atoms with Crippen LogP contribution in [0, 0.1) is 12.8 Å². The summed E-state index contributed by atoms with van der Waals surface area (Å²) in [5.74, 6) is -2.56. The maximum atomic E-state index is 13.5. The molecule has 1 saturated heterocycles. The summed E-state index contributed by atoms with van der Waals surface area (Å²) < 4.78 is 39.3. The fraction of sp³-hybridized carbons (Fsp3) is 0.435. The molecule has 10 nitrogen and oxygen atoms in total. The molecule has 0 saturated carbocycles. The Labute approximate surface area is 203 Å². The number of aryl methyl sites for hydroxylation is 1. The number of H-pyrrole nitrogens is 1. The van der Waals surface area contributed by atoms with Crippen molar-refractivity contribution in [3.63, 3.8) is 0 Å². The molecule has 2 atom stereocenters. The summed E-state index contributed by atoms with van der Waals surface area (Å²) in [5.41, 5.74) is 1.73. The summed E-state index contributed by atoms with van der Waals surface area (Å²) in [6, 6.07) is 5.80. The van der Waals surface area contributed by atoms with Crippen LogP contribution in [0.3, 0.4) is 0 Å². The van der Waals surface area contributed by atoms with E-state index in [1.807, 2.05) is 6.92 Å². The van der Waals surface area contributed by atoms with Gasteiger partial charge in [-0.1, -0.05) is 0 Å². The second kappa shape index (κ2) is 9.04. The Hall–Kier alpha value is -3.74. The van der Waals surface area contributed by atoms with Crippen LogP contribution in [0.5, 0.6) is 0 Å². The van der Waals surface area contributed by atoms with Crippen LogP contribution < -0.4 is 15.1 Å². The number of urea groups is 1. The largest absolute Gasteiger partial charge is 0.396 e. The SMILES string of the molecule is Cc1ccc2c(NC(=O)N3c4nc(C(=O)CC(CO)C(F)(F)F)ccc4N4CCC[C@H]3C4)n[nH]c2n1. The molecule has 36 heavy (non-hydrogen) atoms. The van der Waals surface area contributed by atoms with E-state index in [1.165, 1.54) is 11.0 Å². The number of aromatic amines is 1. The summed E-state index contributed by atoms with van der Waals surface area (Å²) in [6.07, 6.45) is -4.11. The van der Waals surface area contributed by atoms with Gasteiger partial charge >= 0.3 is 12.2 Å². The van der Waals surface area contributed by atoms with Gasteiger partial charge < -0.3 is 10.0 Å². The second-order valence-corrected chi connectivity index (χ2v) is 9.05. The Bertz CT molecular complexity index is 1330. The number of carbonyl (C=O) groups excluding carboxylic acids is 2. The number of anilines is 3. The van der Waals surface area contributed by atoms with Crippen LogP contribution >= 0.6 is 0 Å². The molecule has 5 heterocycles. The number of halogens is 3. The number of hydrogen-bond donors (Lipinski definition) is 3. The molecule has 1 fully saturated rings. The summed E-state index contributed by atoms with van der Waals surface area (Å²) in [7, 11) is 0. The second-order valence-electron chi connectivity index (χ2n) is 9.05. The predicted octanol–water partition coefficient (Wildman–Crippen LogP) is 3.43. The molecule has 2 amide bonds. The molecule has 13 heteroatoms. The molecule has 5 rings (SSSR count). The highest BCUT2D eigenvalue weighted by Crippen LogP contribution is 2.39. The normalized spacial score (nSPS) is 18.2. The Morgan fingerprint density at radius 3 is 2.81 bits per heavy atom. The van der Waals surface area contributed by atoms with Gasteiger partial charge in [0.15, 0.2) is 23.1 Å². The Morgan fingerprint density at radius 1 is 1.25 bits per heavy atom. The highest BCUT2D eigenvalue weighted by molar-refractivity contribution is 6.07. The van der Waals surface area contributed by atoms with Gasteiger partial charge in [-0.3, -0.25) is 20.1 Å². The van der Waals surface area contributed by atoms with Crippen LogP contribution in [0.4, 0.5) is 35.3 Å². The molecule has 0 radical (unpaired) electrons. The number of alkyl halides is 3. The minimum absolute atomic E-state index is 0.194. The van der Waals surface area contributed by atoms with Crippen molar-refractivity contribution in [1.82, 2.24) is 20.2 Å². The summed E-state index contributed by atoms with van der Waals surface area (Å²) in [6.45, 7) is 1.94. The van der Waals surface area contributed by atoms with Gasteiger partial charge in [-0.2, -0.15) is 18.3 Å². The molecule has 190 valence electrons. The van der Waals surface area contributed by atoms with Gasteiger partial charge in [0, 0.05) is 25.2 Å². The number of pyridine rings is 2. The van der Waals surface area contributed by atoms with Crippen LogP contribution in [0.25, 0.3) is 11.0 Å². The van der Waals surface area contributed by atoms with Gasteiger partial charge in [0.05, 0.1) is 29.6 Å². The standard InChI is InChI=1S/C23H24F3N7O3/c1-12-4-5-15-19(27-12)30-31-20(15)29-22(36)33-14-3-2-8-32(10-14)17-7-6-16(28-21(17)33)18(35)9-13(11-34)23(24,25)26/h4-7,13-14,34H,2-3,8-11H2,1H3,(H2,27,29,30,31,36)/t13?,14-/m0/s1. The topological polar surface area (TPSA) is 127 Å². The maximum Gasteiger partial charge on any atom is 0.394 e. The number of hydrogen-bond acceptors (Lipinski definition) is 7. The molecule has 3 aromatic rings. The molecule has 0 aromatic carbocycles. The first-order valence-corrected chi connectivity index (χ1v) is 11.5. The minimum atomic E-state index is -4.72. The van der Waals surface area contributed by atoms with E-state index >= 15 is 0 Å². The third kappa shape index (κ3) is 4.34. The van der Waals surface area contributed by atoms with E-state index in [-0.39, 0.29) is 23.4 Å². The first-order chi connectivity index (χ1) is 17.2. The first-order valence-electron chi connectivity index (χ1n) is 11.5. The van der Waals surface area contributed by atoms with E-state index in [1.54, 1.807) is 18.2 Å². The van der Waals surface area contributed by atoms with Crippen molar-refractivity contribution in [2.45, 2.75) is 38.4 Å². The number of aromatic nitrogens is 4. The number of nitrogens with zero attached hydrogens (tertiary/aromatic N) is 5. The lowest BCUT2D eigenvalue weighted by atomic mass is 9.98. The monoisotopic (exact) mass is 503 g/mol. The maximum absolute atomic E-state index is 13.5. The molecule has 2 aliphatic heterocycles. The number of Topliss-reactive ketones (excluding diaryl/α,β-unsaturated/α-hetero) is 1. The van der Waals surface area contributed by atoms with E-state index in [0.29, 0.717) is 29.7 Å². The lowest BCUT2D eigenvalue weighted by Gasteiger charge is -2.45. The molecular weight excluding hydrogens is 479 g/mol. The van der Waals surface area contributed by atoms with Gasteiger partial charge in [0.1, 0.15) is 5.69 Å². The minimum Gasteiger partial charge on any atom is -0.396 e. The van der Waals surface area contributed by atoms with Crippen molar-refractivity contribution in [2.24, 2.45) is 5.92 Å². The third-order valence-corrected chi connectivity index (χ3v) is 6.59. The van der Waals surface area contributed by atoms with Crippen molar-refractivity contribution >= 4 is 40.2 Å². The van der Waals surface area contributed by atoms with E-state index in [0.717, 1.165) is 18.7 Å². The number of fused-ring (bicyclic) bond motifs is 5. The van der Waals surface area contributed by atoms with Gasteiger partial charge in [-0.05, 0) is 44.0 Å². The molecule has 0 aliphatic carbocycles. The molecule has 2 aliphatic rings. The fourth-order valence-corrected chi connectivity index (χ4v) is 4.71. The zero-order chi connectivity index (χ0) is 25.6. The Kier molecular flexibility index (Phi) is 6.02. The lowest BCUT2D eigenvalue weighted by Crippen LogP contribution is -2.56. The van der Waals surface area contributed by atoms with E-state index in [9.17, 15) is 22.8 Å². The molecule has 3 N–H and O–H groups in total. The number of piperidine rings is 1. The van der Waals surface area contributed by atoms with Crippen LogP contribution in [0.15, 0.2) is 24.3 Å². The van der Waals surface area contributed by atoms with E-state index in [4.69, 9.17) is 5.11 Å². The summed E-state index contributed by atoms with van der Waals surface area (Å²) in [5, 5.41) is 19.5. The van der Waals surface area contributed by atoms with Crippen LogP contribution in [0.2, 0.25) is 0 Å². The lowest BCUT2D eigenvalue weighted by molar-refractivity contribution is -0.182. The van der Waals surface area contributed by atoms with Crippen LogP contribution in [-0.2, 0) is 0 Å². The van der Waals surface area contributed by atoms with Crippen molar-refractivity contribution in [2.75, 3.05) is 34.8 Å². The predicted molar refractivity (Wildman–Crippen MR) is 125 cm³/mol. The van der Waals surface area contributed by atoms with Gasteiger partial charge in [-0.15, -0.1) is 0 Å². The van der Waals surface area contributed by atoms with Crippen LogP contribution in [-0.4, -0.2) is 69.0 Å². The van der Waals surface area contributed by atoms with E-state index in [2.05, 4.69) is 30.4 Å².